The monoisotopic (exact) mass is 739 g/mol. The highest BCUT2D eigenvalue weighted by Crippen LogP contribution is 2.57. The molecule has 1 heteroatoms. The first-order valence-electron chi connectivity index (χ1n) is 21.9. The van der Waals surface area contributed by atoms with Crippen molar-refractivity contribution in [3.05, 3.63) is 174 Å². The number of fused-ring (bicyclic) bond motifs is 6. The molecule has 0 aliphatic heterocycles. The zero-order valence-electron chi connectivity index (χ0n) is 33.6. The summed E-state index contributed by atoms with van der Waals surface area (Å²) in [7, 11) is 0. The van der Waals surface area contributed by atoms with Crippen LogP contribution in [-0.2, 0) is 5.41 Å². The summed E-state index contributed by atoms with van der Waals surface area (Å²) in [6, 6.07) is 58.3. The number of rotatable bonds is 7. The number of benzene rings is 7. The smallest absolute Gasteiger partial charge is 0.0543 e. The van der Waals surface area contributed by atoms with Gasteiger partial charge in [-0.25, -0.2) is 0 Å². The largest absolute Gasteiger partial charge is 0.310 e. The summed E-state index contributed by atoms with van der Waals surface area (Å²) < 4.78 is 0. The molecule has 1 nitrogen and oxygen atoms in total. The van der Waals surface area contributed by atoms with Crippen molar-refractivity contribution < 1.29 is 0 Å². The van der Waals surface area contributed by atoms with Gasteiger partial charge >= 0.3 is 0 Å². The lowest BCUT2D eigenvalue weighted by atomic mass is 9.77. The second-order valence-electron chi connectivity index (χ2n) is 18.3. The molecule has 282 valence electrons. The number of hydrogen-bond acceptors (Lipinski definition) is 1. The summed E-state index contributed by atoms with van der Waals surface area (Å²) >= 11 is 0. The average Bonchev–Trinajstić information content (AvgIpc) is 3.97. The molecular formula is C56H53N. The van der Waals surface area contributed by atoms with E-state index in [0.29, 0.717) is 11.8 Å². The van der Waals surface area contributed by atoms with Crippen molar-refractivity contribution in [2.45, 2.75) is 88.9 Å². The summed E-state index contributed by atoms with van der Waals surface area (Å²) in [4.78, 5) is 2.59. The third-order valence-corrected chi connectivity index (χ3v) is 14.7. The molecule has 3 saturated carbocycles. The van der Waals surface area contributed by atoms with Crippen molar-refractivity contribution in [3.8, 4) is 33.4 Å². The summed E-state index contributed by atoms with van der Waals surface area (Å²) in [5, 5.41) is 2.57. The quantitative estimate of drug-likeness (QED) is 0.157. The minimum Gasteiger partial charge on any atom is -0.310 e. The molecule has 0 aromatic heterocycles. The number of nitrogens with zero attached hydrogens (tertiary/aromatic N) is 1. The summed E-state index contributed by atoms with van der Waals surface area (Å²) in [5.74, 6) is 3.12. The third-order valence-electron chi connectivity index (χ3n) is 14.7. The number of anilines is 3. The standard InChI is InChI=1S/C56H53N/c1-56(2)52-25-11-10-23-48(52)50-32-33-53(54(55(50)56)49-24-13-17-39-16-6-7-21-46(39)49)57(43-30-28-40(29-31-43)51-35-37-26-27-42(51)34-37)44-19-12-18-41(36-44)47-22-9-8-20-45(47)38-14-4-3-5-15-38/h6-13,16-25,28-33,36-38,42,51H,3-5,14-15,26-27,34-35H2,1-2H3. The van der Waals surface area contributed by atoms with E-state index in [1.165, 1.54) is 141 Å². The zero-order chi connectivity index (χ0) is 38.1. The van der Waals surface area contributed by atoms with E-state index in [2.05, 4.69) is 170 Å². The fourth-order valence-electron chi connectivity index (χ4n) is 12.1. The van der Waals surface area contributed by atoms with E-state index < -0.39 is 0 Å². The van der Waals surface area contributed by atoms with Gasteiger partial charge in [-0.2, -0.15) is 0 Å². The molecule has 0 amide bonds. The van der Waals surface area contributed by atoms with Crippen molar-refractivity contribution in [3.63, 3.8) is 0 Å². The lowest BCUT2D eigenvalue weighted by molar-refractivity contribution is 0.420. The normalized spacial score (nSPS) is 20.8. The first-order chi connectivity index (χ1) is 28.0. The molecule has 4 aliphatic rings. The lowest BCUT2D eigenvalue weighted by Crippen LogP contribution is -2.19. The van der Waals surface area contributed by atoms with Crippen LogP contribution in [0.5, 0.6) is 0 Å². The van der Waals surface area contributed by atoms with Gasteiger partial charge in [0, 0.05) is 22.4 Å². The van der Waals surface area contributed by atoms with E-state index in [1.807, 2.05) is 0 Å². The first kappa shape index (κ1) is 34.8. The van der Waals surface area contributed by atoms with Crippen molar-refractivity contribution in [2.75, 3.05) is 4.90 Å². The van der Waals surface area contributed by atoms with Crippen LogP contribution in [0.4, 0.5) is 17.1 Å². The predicted molar refractivity (Wildman–Crippen MR) is 241 cm³/mol. The van der Waals surface area contributed by atoms with Crippen LogP contribution in [0.15, 0.2) is 152 Å². The molecule has 7 aromatic rings. The molecule has 57 heavy (non-hydrogen) atoms. The minimum atomic E-state index is -0.188. The van der Waals surface area contributed by atoms with E-state index in [0.717, 1.165) is 11.8 Å². The maximum absolute atomic E-state index is 2.59. The highest BCUT2D eigenvalue weighted by atomic mass is 15.1. The minimum absolute atomic E-state index is 0.188. The molecule has 7 aromatic carbocycles. The van der Waals surface area contributed by atoms with Crippen LogP contribution in [0, 0.1) is 11.8 Å². The topological polar surface area (TPSA) is 3.24 Å². The van der Waals surface area contributed by atoms with E-state index in [-0.39, 0.29) is 5.41 Å². The van der Waals surface area contributed by atoms with Crippen LogP contribution < -0.4 is 4.90 Å². The van der Waals surface area contributed by atoms with E-state index >= 15 is 0 Å². The van der Waals surface area contributed by atoms with Gasteiger partial charge in [0.15, 0.2) is 0 Å². The maximum Gasteiger partial charge on any atom is 0.0543 e. The van der Waals surface area contributed by atoms with Crippen molar-refractivity contribution >= 4 is 27.8 Å². The van der Waals surface area contributed by atoms with Gasteiger partial charge in [0.1, 0.15) is 0 Å². The summed E-state index contributed by atoms with van der Waals surface area (Å²) in [6.07, 6.45) is 12.2. The van der Waals surface area contributed by atoms with Gasteiger partial charge in [-0.15, -0.1) is 0 Å². The Bertz CT molecular complexity index is 2620. The van der Waals surface area contributed by atoms with Crippen molar-refractivity contribution in [2.24, 2.45) is 11.8 Å². The highest BCUT2D eigenvalue weighted by molar-refractivity contribution is 6.05. The van der Waals surface area contributed by atoms with Gasteiger partial charge in [0.05, 0.1) is 5.69 Å². The Labute approximate surface area is 339 Å². The Morgan fingerprint density at radius 2 is 1.28 bits per heavy atom. The lowest BCUT2D eigenvalue weighted by Gasteiger charge is -2.33. The average molecular weight is 740 g/mol. The second-order valence-corrected chi connectivity index (χ2v) is 18.3. The fraction of sp³-hybridized carbons (Fsp3) is 0.286. The SMILES string of the molecule is CC1(C)c2ccccc2-c2ccc(N(c3ccc(C4CC5CCC4C5)cc3)c3cccc(-c4ccccc4C4CCCCC4)c3)c(-c3cccc4ccccc34)c21. The molecule has 3 unspecified atom stereocenters. The summed E-state index contributed by atoms with van der Waals surface area (Å²) in [5.41, 5.74) is 17.4. The maximum atomic E-state index is 2.59. The Kier molecular flexibility index (Phi) is 8.50. The second kappa shape index (κ2) is 13.9. The molecule has 0 N–H and O–H groups in total. The Balaban J connectivity index is 1.15. The van der Waals surface area contributed by atoms with Crippen molar-refractivity contribution in [1.29, 1.82) is 0 Å². The third kappa shape index (κ3) is 5.80. The Hall–Kier alpha value is -5.40. The molecular weight excluding hydrogens is 687 g/mol. The summed E-state index contributed by atoms with van der Waals surface area (Å²) in [6.45, 7) is 4.88. The number of hydrogen-bond donors (Lipinski definition) is 0. The van der Waals surface area contributed by atoms with E-state index in [4.69, 9.17) is 0 Å². The van der Waals surface area contributed by atoms with Crippen LogP contribution in [-0.4, -0.2) is 0 Å². The Morgan fingerprint density at radius 3 is 2.11 bits per heavy atom. The zero-order valence-corrected chi connectivity index (χ0v) is 33.6. The fourth-order valence-corrected chi connectivity index (χ4v) is 12.1. The van der Waals surface area contributed by atoms with Crippen molar-refractivity contribution in [1.82, 2.24) is 0 Å². The van der Waals surface area contributed by atoms with Crippen LogP contribution in [0.2, 0.25) is 0 Å². The Morgan fingerprint density at radius 1 is 0.544 bits per heavy atom. The molecule has 0 heterocycles. The molecule has 4 aliphatic carbocycles. The first-order valence-corrected chi connectivity index (χ1v) is 21.9. The van der Waals surface area contributed by atoms with E-state index in [9.17, 15) is 0 Å². The van der Waals surface area contributed by atoms with Crippen LogP contribution >= 0.6 is 0 Å². The molecule has 0 radical (unpaired) electrons. The molecule has 0 spiro atoms. The van der Waals surface area contributed by atoms with Gasteiger partial charge in [-0.05, 0) is 147 Å². The molecule has 11 rings (SSSR count). The highest BCUT2D eigenvalue weighted by Gasteiger charge is 2.41. The predicted octanol–water partition coefficient (Wildman–Crippen LogP) is 15.9. The van der Waals surface area contributed by atoms with Crippen LogP contribution in [0.25, 0.3) is 44.2 Å². The molecule has 3 atom stereocenters. The van der Waals surface area contributed by atoms with Gasteiger partial charge in [0.2, 0.25) is 0 Å². The van der Waals surface area contributed by atoms with Gasteiger partial charge in [-0.1, -0.05) is 161 Å². The molecule has 3 fully saturated rings. The van der Waals surface area contributed by atoms with E-state index in [1.54, 1.807) is 0 Å². The van der Waals surface area contributed by atoms with Crippen LogP contribution in [0.3, 0.4) is 0 Å². The van der Waals surface area contributed by atoms with Crippen LogP contribution in [0.1, 0.15) is 106 Å². The molecule has 2 bridgehead atoms. The molecule has 0 saturated heterocycles. The van der Waals surface area contributed by atoms with Gasteiger partial charge < -0.3 is 4.90 Å². The van der Waals surface area contributed by atoms with Gasteiger partial charge in [0.25, 0.3) is 0 Å². The van der Waals surface area contributed by atoms with Gasteiger partial charge in [-0.3, -0.25) is 0 Å².